The normalized spacial score (nSPS) is 12.4. The average molecular weight is 296 g/mol. The van der Waals surface area contributed by atoms with E-state index in [0.717, 1.165) is 10.0 Å². The third kappa shape index (κ3) is 3.08. The van der Waals surface area contributed by atoms with Gasteiger partial charge in [-0.1, -0.05) is 22.0 Å². The van der Waals surface area contributed by atoms with Crippen LogP contribution >= 0.6 is 15.9 Å². The standard InChI is InChI=1S/C12H11BrFN3/c13-10-2-1-8(11(14)6-10)5-12(15)9-3-4-16-17-7-9/h1-4,6-7,12H,5,15H2. The van der Waals surface area contributed by atoms with Gasteiger partial charge in [-0.25, -0.2) is 4.39 Å². The molecule has 0 radical (unpaired) electrons. The van der Waals surface area contributed by atoms with E-state index in [2.05, 4.69) is 26.1 Å². The van der Waals surface area contributed by atoms with E-state index in [1.165, 1.54) is 6.07 Å². The van der Waals surface area contributed by atoms with Gasteiger partial charge in [-0.3, -0.25) is 0 Å². The van der Waals surface area contributed by atoms with Gasteiger partial charge in [0.15, 0.2) is 0 Å². The highest BCUT2D eigenvalue weighted by Gasteiger charge is 2.10. The van der Waals surface area contributed by atoms with Crippen molar-refractivity contribution in [2.24, 2.45) is 5.73 Å². The lowest BCUT2D eigenvalue weighted by molar-refractivity contribution is 0.591. The molecule has 0 saturated carbocycles. The Morgan fingerprint density at radius 1 is 1.29 bits per heavy atom. The summed E-state index contributed by atoms with van der Waals surface area (Å²) in [7, 11) is 0. The molecule has 2 rings (SSSR count). The van der Waals surface area contributed by atoms with Gasteiger partial charge >= 0.3 is 0 Å². The van der Waals surface area contributed by atoms with Crippen LogP contribution in [0.2, 0.25) is 0 Å². The first-order valence-electron chi connectivity index (χ1n) is 5.13. The summed E-state index contributed by atoms with van der Waals surface area (Å²) in [5.74, 6) is -0.253. The van der Waals surface area contributed by atoms with Crippen LogP contribution in [-0.2, 0) is 6.42 Å². The molecular weight excluding hydrogens is 285 g/mol. The second kappa shape index (κ2) is 5.33. The molecule has 1 atom stereocenters. The fraction of sp³-hybridized carbons (Fsp3) is 0.167. The smallest absolute Gasteiger partial charge is 0.127 e. The second-order valence-electron chi connectivity index (χ2n) is 3.72. The van der Waals surface area contributed by atoms with Crippen molar-refractivity contribution >= 4 is 15.9 Å². The Labute approximate surface area is 107 Å². The number of nitrogens with two attached hydrogens (primary N) is 1. The lowest BCUT2D eigenvalue weighted by Gasteiger charge is -2.11. The van der Waals surface area contributed by atoms with Gasteiger partial charge in [0.1, 0.15) is 5.82 Å². The van der Waals surface area contributed by atoms with Crippen molar-refractivity contribution in [3.63, 3.8) is 0 Å². The maximum absolute atomic E-state index is 13.6. The van der Waals surface area contributed by atoms with E-state index in [0.29, 0.717) is 12.0 Å². The number of nitrogens with zero attached hydrogens (tertiary/aromatic N) is 2. The molecule has 0 fully saturated rings. The van der Waals surface area contributed by atoms with Crippen LogP contribution in [0.3, 0.4) is 0 Å². The number of benzene rings is 1. The van der Waals surface area contributed by atoms with Gasteiger partial charge in [-0.05, 0) is 35.7 Å². The lowest BCUT2D eigenvalue weighted by Crippen LogP contribution is -2.14. The van der Waals surface area contributed by atoms with Crippen LogP contribution in [0.1, 0.15) is 17.2 Å². The molecule has 0 aliphatic carbocycles. The lowest BCUT2D eigenvalue weighted by atomic mass is 10.0. The van der Waals surface area contributed by atoms with Gasteiger partial charge in [-0.2, -0.15) is 10.2 Å². The molecule has 1 heterocycles. The molecule has 88 valence electrons. The Bertz CT molecular complexity index is 504. The van der Waals surface area contributed by atoms with Gasteiger partial charge in [0.2, 0.25) is 0 Å². The first-order valence-corrected chi connectivity index (χ1v) is 5.92. The average Bonchev–Trinajstić information content (AvgIpc) is 2.34. The van der Waals surface area contributed by atoms with Crippen molar-refractivity contribution in [1.82, 2.24) is 10.2 Å². The Kier molecular flexibility index (Phi) is 3.81. The van der Waals surface area contributed by atoms with E-state index < -0.39 is 0 Å². The maximum Gasteiger partial charge on any atom is 0.127 e. The summed E-state index contributed by atoms with van der Waals surface area (Å²) in [6, 6.07) is 6.48. The molecular formula is C12H11BrFN3. The highest BCUT2D eigenvalue weighted by molar-refractivity contribution is 9.10. The minimum Gasteiger partial charge on any atom is -0.324 e. The zero-order chi connectivity index (χ0) is 12.3. The molecule has 0 bridgehead atoms. The summed E-state index contributed by atoms with van der Waals surface area (Å²) in [5.41, 5.74) is 7.43. The predicted octanol–water partition coefficient (Wildman–Crippen LogP) is 2.62. The highest BCUT2D eigenvalue weighted by Crippen LogP contribution is 2.20. The van der Waals surface area contributed by atoms with Gasteiger partial charge in [0.25, 0.3) is 0 Å². The third-order valence-electron chi connectivity index (χ3n) is 2.49. The number of hydrogen-bond acceptors (Lipinski definition) is 3. The third-order valence-corrected chi connectivity index (χ3v) is 2.98. The fourth-order valence-corrected chi connectivity index (χ4v) is 1.90. The van der Waals surface area contributed by atoms with Gasteiger partial charge in [0, 0.05) is 16.7 Å². The summed E-state index contributed by atoms with van der Waals surface area (Å²) >= 11 is 3.22. The molecule has 17 heavy (non-hydrogen) atoms. The van der Waals surface area contributed by atoms with E-state index >= 15 is 0 Å². The summed E-state index contributed by atoms with van der Waals surface area (Å²) in [6.07, 6.45) is 3.61. The predicted molar refractivity (Wildman–Crippen MR) is 66.8 cm³/mol. The molecule has 0 saturated heterocycles. The zero-order valence-corrected chi connectivity index (χ0v) is 10.6. The topological polar surface area (TPSA) is 51.8 Å². The molecule has 1 aromatic heterocycles. The molecule has 3 nitrogen and oxygen atoms in total. The van der Waals surface area contributed by atoms with E-state index in [1.54, 1.807) is 30.6 Å². The van der Waals surface area contributed by atoms with Crippen molar-refractivity contribution in [1.29, 1.82) is 0 Å². The minimum atomic E-state index is -0.277. The van der Waals surface area contributed by atoms with E-state index in [4.69, 9.17) is 5.73 Å². The Morgan fingerprint density at radius 3 is 2.76 bits per heavy atom. The largest absolute Gasteiger partial charge is 0.324 e. The van der Waals surface area contributed by atoms with Crippen molar-refractivity contribution in [3.05, 3.63) is 58.1 Å². The Morgan fingerprint density at radius 2 is 2.12 bits per heavy atom. The molecule has 1 unspecified atom stereocenters. The molecule has 2 N–H and O–H groups in total. The van der Waals surface area contributed by atoms with Crippen LogP contribution in [-0.4, -0.2) is 10.2 Å². The highest BCUT2D eigenvalue weighted by atomic mass is 79.9. The molecule has 0 amide bonds. The van der Waals surface area contributed by atoms with Crippen LogP contribution in [0.5, 0.6) is 0 Å². The van der Waals surface area contributed by atoms with Gasteiger partial charge < -0.3 is 5.73 Å². The zero-order valence-electron chi connectivity index (χ0n) is 8.98. The van der Waals surface area contributed by atoms with Crippen molar-refractivity contribution in [2.45, 2.75) is 12.5 Å². The molecule has 5 heteroatoms. The summed E-state index contributed by atoms with van der Waals surface area (Å²) in [5, 5.41) is 7.43. The van der Waals surface area contributed by atoms with Crippen molar-refractivity contribution in [2.75, 3.05) is 0 Å². The van der Waals surface area contributed by atoms with Gasteiger partial charge in [-0.15, -0.1) is 0 Å². The summed E-state index contributed by atoms with van der Waals surface area (Å²) in [4.78, 5) is 0. The van der Waals surface area contributed by atoms with Crippen LogP contribution in [0, 0.1) is 5.82 Å². The molecule has 1 aromatic carbocycles. The molecule has 0 aliphatic heterocycles. The van der Waals surface area contributed by atoms with E-state index in [-0.39, 0.29) is 11.9 Å². The number of rotatable bonds is 3. The first-order chi connectivity index (χ1) is 8.16. The SMILES string of the molecule is NC(Cc1ccc(Br)cc1F)c1ccnnc1. The molecule has 2 aromatic rings. The molecule has 0 aliphatic rings. The summed E-state index contributed by atoms with van der Waals surface area (Å²) in [6.45, 7) is 0. The first kappa shape index (κ1) is 12.1. The van der Waals surface area contributed by atoms with Crippen LogP contribution in [0.15, 0.2) is 41.1 Å². The van der Waals surface area contributed by atoms with E-state index in [1.807, 2.05) is 0 Å². The minimum absolute atomic E-state index is 0.253. The number of hydrogen-bond donors (Lipinski definition) is 1. The second-order valence-corrected chi connectivity index (χ2v) is 4.64. The quantitative estimate of drug-likeness (QED) is 0.947. The van der Waals surface area contributed by atoms with Crippen LogP contribution in [0.25, 0.3) is 0 Å². The number of aromatic nitrogens is 2. The monoisotopic (exact) mass is 295 g/mol. The van der Waals surface area contributed by atoms with Gasteiger partial charge in [0.05, 0.1) is 6.20 Å². The fourth-order valence-electron chi connectivity index (χ4n) is 1.56. The maximum atomic E-state index is 13.6. The van der Waals surface area contributed by atoms with E-state index in [9.17, 15) is 4.39 Å². The Hall–Kier alpha value is -1.33. The summed E-state index contributed by atoms with van der Waals surface area (Å²) < 4.78 is 14.3. The Balaban J connectivity index is 2.16. The number of halogens is 2. The molecule has 0 spiro atoms. The van der Waals surface area contributed by atoms with Crippen LogP contribution in [0.4, 0.5) is 4.39 Å². The van der Waals surface area contributed by atoms with Crippen molar-refractivity contribution in [3.8, 4) is 0 Å². The van der Waals surface area contributed by atoms with Crippen LogP contribution < -0.4 is 5.73 Å². The van der Waals surface area contributed by atoms with Crippen molar-refractivity contribution < 1.29 is 4.39 Å².